The Balaban J connectivity index is 1.97. The minimum absolute atomic E-state index is 0.0110. The van der Waals surface area contributed by atoms with Crippen molar-refractivity contribution >= 4 is 0 Å². The van der Waals surface area contributed by atoms with Gasteiger partial charge in [-0.3, -0.25) is 4.90 Å². The third kappa shape index (κ3) is 2.50. The second-order valence-electron chi connectivity index (χ2n) is 5.74. The van der Waals surface area contributed by atoms with Gasteiger partial charge >= 0.3 is 0 Å². The molecule has 4 nitrogen and oxygen atoms in total. The Hall–Kier alpha value is -1.26. The van der Waals surface area contributed by atoms with E-state index in [1.165, 1.54) is 25.7 Å². The van der Waals surface area contributed by atoms with Crippen LogP contribution in [0.2, 0.25) is 0 Å². The SMILES string of the molecule is COc1cccc2c1C(N1CCCCCC1)C(N)CO2. The zero-order valence-electron chi connectivity index (χ0n) is 12.2. The van der Waals surface area contributed by atoms with Gasteiger partial charge in [-0.1, -0.05) is 18.9 Å². The first-order chi connectivity index (χ1) is 9.81. The van der Waals surface area contributed by atoms with Gasteiger partial charge in [0.2, 0.25) is 0 Å². The van der Waals surface area contributed by atoms with Gasteiger partial charge in [-0.25, -0.2) is 0 Å². The number of nitrogens with two attached hydrogens (primary N) is 1. The van der Waals surface area contributed by atoms with Gasteiger partial charge in [0.05, 0.1) is 24.8 Å². The summed E-state index contributed by atoms with van der Waals surface area (Å²) >= 11 is 0. The minimum Gasteiger partial charge on any atom is -0.496 e. The molecular weight excluding hydrogens is 252 g/mol. The summed E-state index contributed by atoms with van der Waals surface area (Å²) in [7, 11) is 1.72. The molecule has 3 rings (SSSR count). The number of hydrogen-bond acceptors (Lipinski definition) is 4. The summed E-state index contributed by atoms with van der Waals surface area (Å²) in [6, 6.07) is 6.23. The topological polar surface area (TPSA) is 47.7 Å². The molecule has 20 heavy (non-hydrogen) atoms. The molecule has 2 N–H and O–H groups in total. The van der Waals surface area contributed by atoms with Crippen molar-refractivity contribution in [3.8, 4) is 11.5 Å². The number of likely N-dealkylation sites (tertiary alicyclic amines) is 1. The molecule has 0 aliphatic carbocycles. The van der Waals surface area contributed by atoms with Crippen LogP contribution in [-0.2, 0) is 0 Å². The molecule has 2 atom stereocenters. The molecular formula is C16H24N2O2. The van der Waals surface area contributed by atoms with Crippen LogP contribution in [-0.4, -0.2) is 37.7 Å². The van der Waals surface area contributed by atoms with Crippen molar-refractivity contribution in [2.45, 2.75) is 37.8 Å². The average molecular weight is 276 g/mol. The van der Waals surface area contributed by atoms with Crippen LogP contribution in [0.1, 0.15) is 37.3 Å². The number of fused-ring (bicyclic) bond motifs is 1. The third-order valence-corrected chi connectivity index (χ3v) is 4.41. The van der Waals surface area contributed by atoms with Gasteiger partial charge in [0, 0.05) is 0 Å². The lowest BCUT2D eigenvalue weighted by molar-refractivity contribution is 0.119. The van der Waals surface area contributed by atoms with E-state index in [9.17, 15) is 0 Å². The molecule has 2 aliphatic heterocycles. The molecule has 2 aliphatic rings. The van der Waals surface area contributed by atoms with E-state index in [0.717, 1.165) is 30.2 Å². The smallest absolute Gasteiger partial charge is 0.127 e. The van der Waals surface area contributed by atoms with E-state index < -0.39 is 0 Å². The fraction of sp³-hybridized carbons (Fsp3) is 0.625. The van der Waals surface area contributed by atoms with E-state index in [-0.39, 0.29) is 12.1 Å². The molecule has 1 aromatic carbocycles. The van der Waals surface area contributed by atoms with Crippen LogP contribution in [0.4, 0.5) is 0 Å². The Bertz CT molecular complexity index is 442. The number of nitrogens with zero attached hydrogens (tertiary/aromatic N) is 1. The summed E-state index contributed by atoms with van der Waals surface area (Å²) < 4.78 is 11.3. The summed E-state index contributed by atoms with van der Waals surface area (Å²) in [4.78, 5) is 2.53. The molecule has 1 aromatic rings. The molecule has 0 amide bonds. The fourth-order valence-electron chi connectivity index (χ4n) is 3.44. The number of hydrogen-bond donors (Lipinski definition) is 1. The van der Waals surface area contributed by atoms with Crippen molar-refractivity contribution in [3.05, 3.63) is 23.8 Å². The zero-order valence-corrected chi connectivity index (χ0v) is 12.2. The van der Waals surface area contributed by atoms with Crippen LogP contribution in [0.3, 0.4) is 0 Å². The highest BCUT2D eigenvalue weighted by molar-refractivity contribution is 5.49. The lowest BCUT2D eigenvalue weighted by Gasteiger charge is -2.39. The van der Waals surface area contributed by atoms with Crippen LogP contribution < -0.4 is 15.2 Å². The summed E-state index contributed by atoms with van der Waals surface area (Å²) in [5.41, 5.74) is 7.51. The second-order valence-corrected chi connectivity index (χ2v) is 5.74. The molecule has 0 bridgehead atoms. The van der Waals surface area contributed by atoms with Crippen LogP contribution >= 0.6 is 0 Å². The van der Waals surface area contributed by atoms with Crippen molar-refractivity contribution in [2.24, 2.45) is 5.73 Å². The monoisotopic (exact) mass is 276 g/mol. The van der Waals surface area contributed by atoms with Gasteiger partial charge < -0.3 is 15.2 Å². The maximum atomic E-state index is 6.38. The van der Waals surface area contributed by atoms with Gasteiger partial charge in [-0.15, -0.1) is 0 Å². The largest absolute Gasteiger partial charge is 0.496 e. The summed E-state index contributed by atoms with van der Waals surface area (Å²) in [5, 5.41) is 0. The summed E-state index contributed by atoms with van der Waals surface area (Å²) in [6.07, 6.45) is 5.17. The molecule has 1 fully saturated rings. The van der Waals surface area contributed by atoms with Gasteiger partial charge in [-0.05, 0) is 38.1 Å². The molecule has 0 aromatic heterocycles. The van der Waals surface area contributed by atoms with Gasteiger partial charge in [0.25, 0.3) is 0 Å². The maximum absolute atomic E-state index is 6.38. The fourth-order valence-corrected chi connectivity index (χ4v) is 3.44. The molecule has 2 unspecified atom stereocenters. The van der Waals surface area contributed by atoms with Crippen molar-refractivity contribution in [3.63, 3.8) is 0 Å². The Kier molecular flexibility index (Phi) is 4.13. The Labute approximate surface area is 120 Å². The lowest BCUT2D eigenvalue weighted by Crippen LogP contribution is -2.47. The zero-order chi connectivity index (χ0) is 13.9. The van der Waals surface area contributed by atoms with E-state index in [4.69, 9.17) is 15.2 Å². The van der Waals surface area contributed by atoms with Crippen LogP contribution in [0.25, 0.3) is 0 Å². The van der Waals surface area contributed by atoms with E-state index in [1.807, 2.05) is 18.2 Å². The van der Waals surface area contributed by atoms with E-state index in [0.29, 0.717) is 6.61 Å². The van der Waals surface area contributed by atoms with Crippen molar-refractivity contribution in [1.82, 2.24) is 4.90 Å². The van der Waals surface area contributed by atoms with Crippen LogP contribution in [0.5, 0.6) is 11.5 Å². The summed E-state index contributed by atoms with van der Waals surface area (Å²) in [6.45, 7) is 2.83. The highest BCUT2D eigenvalue weighted by atomic mass is 16.5. The molecule has 0 radical (unpaired) electrons. The van der Waals surface area contributed by atoms with Gasteiger partial charge in [0.15, 0.2) is 0 Å². The van der Waals surface area contributed by atoms with Gasteiger partial charge in [-0.2, -0.15) is 0 Å². The number of benzene rings is 1. The highest BCUT2D eigenvalue weighted by Gasteiger charge is 2.35. The van der Waals surface area contributed by atoms with Crippen molar-refractivity contribution in [1.29, 1.82) is 0 Å². The predicted molar refractivity (Wildman–Crippen MR) is 79.2 cm³/mol. The quantitative estimate of drug-likeness (QED) is 0.900. The molecule has 2 heterocycles. The first-order valence-electron chi connectivity index (χ1n) is 7.60. The first kappa shape index (κ1) is 13.7. The average Bonchev–Trinajstić information content (AvgIpc) is 2.75. The second kappa shape index (κ2) is 6.02. The maximum Gasteiger partial charge on any atom is 0.127 e. The highest BCUT2D eigenvalue weighted by Crippen LogP contribution is 2.42. The van der Waals surface area contributed by atoms with E-state index >= 15 is 0 Å². The lowest BCUT2D eigenvalue weighted by atomic mass is 9.94. The normalized spacial score (nSPS) is 27.3. The number of ether oxygens (including phenoxy) is 2. The number of rotatable bonds is 2. The van der Waals surface area contributed by atoms with Gasteiger partial charge in [0.1, 0.15) is 18.1 Å². The molecule has 1 saturated heterocycles. The van der Waals surface area contributed by atoms with E-state index in [1.54, 1.807) is 7.11 Å². The predicted octanol–water partition coefficient (Wildman–Crippen LogP) is 2.33. The Morgan fingerprint density at radius 1 is 1.20 bits per heavy atom. The first-order valence-corrected chi connectivity index (χ1v) is 7.60. The van der Waals surface area contributed by atoms with Crippen LogP contribution in [0, 0.1) is 0 Å². The third-order valence-electron chi connectivity index (χ3n) is 4.41. The molecule has 0 spiro atoms. The Morgan fingerprint density at radius 3 is 2.65 bits per heavy atom. The molecule has 0 saturated carbocycles. The number of methoxy groups -OCH3 is 1. The molecule has 110 valence electrons. The van der Waals surface area contributed by atoms with E-state index in [2.05, 4.69) is 4.90 Å². The minimum atomic E-state index is 0.0110. The Morgan fingerprint density at radius 2 is 1.95 bits per heavy atom. The van der Waals surface area contributed by atoms with Crippen molar-refractivity contribution in [2.75, 3.05) is 26.8 Å². The van der Waals surface area contributed by atoms with Crippen LogP contribution in [0.15, 0.2) is 18.2 Å². The molecule has 4 heteroatoms. The van der Waals surface area contributed by atoms with Crippen molar-refractivity contribution < 1.29 is 9.47 Å². The standard InChI is InChI=1S/C16H24N2O2/c1-19-13-7-6-8-14-15(13)16(12(17)11-20-14)18-9-4-2-3-5-10-18/h6-8,12,16H,2-5,9-11,17H2,1H3. The summed E-state index contributed by atoms with van der Waals surface area (Å²) in [5.74, 6) is 1.83.